The van der Waals surface area contributed by atoms with Crippen LogP contribution >= 0.6 is 34.5 Å². The molecule has 0 fully saturated rings. The van der Waals surface area contributed by atoms with E-state index in [4.69, 9.17) is 38.2 Å². The van der Waals surface area contributed by atoms with E-state index in [0.717, 1.165) is 30.4 Å². The molecule has 1 N–H and O–H groups in total. The zero-order valence-electron chi connectivity index (χ0n) is 23.7. The van der Waals surface area contributed by atoms with E-state index < -0.39 is 0 Å². The van der Waals surface area contributed by atoms with Crippen molar-refractivity contribution in [1.29, 1.82) is 5.26 Å². The van der Waals surface area contributed by atoms with E-state index in [1.54, 1.807) is 66.1 Å². The highest BCUT2D eigenvalue weighted by Gasteiger charge is 2.33. The molecule has 0 bridgehead atoms. The number of benzene rings is 3. The topological polar surface area (TPSA) is 74.5 Å². The first-order valence-electron chi connectivity index (χ1n) is 13.8. The first kappa shape index (κ1) is 29.8. The summed E-state index contributed by atoms with van der Waals surface area (Å²) in [6.07, 6.45) is 4.51. The van der Waals surface area contributed by atoms with E-state index in [2.05, 4.69) is 32.2 Å². The van der Waals surface area contributed by atoms with Gasteiger partial charge in [-0.25, -0.2) is 4.99 Å². The molecule has 4 aromatic rings. The van der Waals surface area contributed by atoms with Crippen molar-refractivity contribution in [3.63, 3.8) is 0 Å². The smallest absolute Gasteiger partial charge is 0.259 e. The Hall–Kier alpha value is -3.63. The molecule has 8 heteroatoms. The minimum Gasteiger partial charge on any atom is -0.488 e. The average molecular weight is 617 g/mol. The third-order valence-electron chi connectivity index (χ3n) is 7.57. The summed E-state index contributed by atoms with van der Waals surface area (Å²) >= 11 is 14.0. The fourth-order valence-electron chi connectivity index (χ4n) is 5.08. The molecule has 0 saturated heterocycles. The number of carbonyl (C=O) groups excluding carboxylic acids is 1. The third-order valence-corrected chi connectivity index (χ3v) is 9.22. The molecule has 1 amide bonds. The number of amides is 1. The molecule has 0 spiro atoms. The molecular formula is C34H31Cl2N3O2S. The van der Waals surface area contributed by atoms with Crippen LogP contribution in [0.2, 0.25) is 10.0 Å². The van der Waals surface area contributed by atoms with Gasteiger partial charge < -0.3 is 10.1 Å². The number of anilines is 1. The maximum Gasteiger partial charge on any atom is 0.259 e. The number of nitriles is 1. The van der Waals surface area contributed by atoms with Gasteiger partial charge in [0.05, 0.1) is 17.2 Å². The lowest BCUT2D eigenvalue weighted by Gasteiger charge is -2.33. The van der Waals surface area contributed by atoms with E-state index in [-0.39, 0.29) is 11.3 Å². The van der Waals surface area contributed by atoms with Crippen molar-refractivity contribution in [3.8, 4) is 11.8 Å². The fourth-order valence-corrected chi connectivity index (χ4v) is 6.65. The van der Waals surface area contributed by atoms with E-state index in [1.165, 1.54) is 4.88 Å². The monoisotopic (exact) mass is 615 g/mol. The summed E-state index contributed by atoms with van der Waals surface area (Å²) in [6, 6.07) is 21.9. The predicted molar refractivity (Wildman–Crippen MR) is 173 cm³/mol. The number of carbonyl (C=O) groups is 1. The lowest BCUT2D eigenvalue weighted by molar-refractivity contribution is 0.102. The third kappa shape index (κ3) is 7.04. The fraction of sp³-hybridized carbons (Fsp3) is 0.265. The minimum absolute atomic E-state index is 0.179. The highest BCUT2D eigenvalue weighted by molar-refractivity contribution is 7.16. The van der Waals surface area contributed by atoms with Crippen molar-refractivity contribution in [2.75, 3.05) is 5.32 Å². The number of thiophene rings is 1. The van der Waals surface area contributed by atoms with Gasteiger partial charge in [-0.05, 0) is 96.3 Å². The van der Waals surface area contributed by atoms with Crippen molar-refractivity contribution in [3.05, 3.63) is 109 Å². The Morgan fingerprint density at radius 3 is 2.50 bits per heavy atom. The van der Waals surface area contributed by atoms with Crippen LogP contribution in [0.25, 0.3) is 0 Å². The van der Waals surface area contributed by atoms with Crippen molar-refractivity contribution in [1.82, 2.24) is 0 Å². The molecule has 5 rings (SSSR count). The molecule has 0 aliphatic heterocycles. The molecule has 42 heavy (non-hydrogen) atoms. The molecule has 5 nitrogen and oxygen atoms in total. The number of rotatable bonds is 7. The molecular weight excluding hydrogens is 585 g/mol. The van der Waals surface area contributed by atoms with E-state index in [9.17, 15) is 4.79 Å². The average Bonchev–Trinajstić information content (AvgIpc) is 3.34. The van der Waals surface area contributed by atoms with Gasteiger partial charge in [-0.3, -0.25) is 4.79 Å². The first-order chi connectivity index (χ1) is 20.1. The quantitative estimate of drug-likeness (QED) is 0.210. The van der Waals surface area contributed by atoms with Crippen LogP contribution in [0, 0.1) is 22.7 Å². The lowest BCUT2D eigenvalue weighted by Crippen LogP contribution is -2.27. The SMILES string of the molecule is CC(C)(C)[C@@H]1CCc2c(sc(N=Cc3cc(Cl)ccc3OCc3ccc(C#N)cc3)c2C(=O)Nc2ccc(Cl)cc2)C1. The molecule has 3 aromatic carbocycles. The second kappa shape index (κ2) is 12.7. The van der Waals surface area contributed by atoms with E-state index >= 15 is 0 Å². The number of ether oxygens (including phenoxy) is 1. The number of nitrogens with one attached hydrogen (secondary N) is 1. The van der Waals surface area contributed by atoms with E-state index in [0.29, 0.717) is 55.7 Å². The molecule has 1 atom stereocenters. The molecule has 214 valence electrons. The highest BCUT2D eigenvalue weighted by atomic mass is 35.5. The number of halogens is 2. The van der Waals surface area contributed by atoms with Crippen LogP contribution < -0.4 is 10.1 Å². The zero-order valence-corrected chi connectivity index (χ0v) is 26.0. The minimum atomic E-state index is -0.181. The van der Waals surface area contributed by atoms with Gasteiger partial charge in [-0.2, -0.15) is 5.26 Å². The summed E-state index contributed by atoms with van der Waals surface area (Å²) in [5.41, 5.74) is 4.81. The largest absolute Gasteiger partial charge is 0.488 e. The Morgan fingerprint density at radius 2 is 1.81 bits per heavy atom. The Morgan fingerprint density at radius 1 is 1.10 bits per heavy atom. The van der Waals surface area contributed by atoms with Gasteiger partial charge in [0.15, 0.2) is 0 Å². The molecule has 0 radical (unpaired) electrons. The normalized spacial score (nSPS) is 14.8. The Bertz CT molecular complexity index is 1660. The maximum absolute atomic E-state index is 13.7. The summed E-state index contributed by atoms with van der Waals surface area (Å²) in [7, 11) is 0. The maximum atomic E-state index is 13.7. The van der Waals surface area contributed by atoms with Crippen molar-refractivity contribution in [2.24, 2.45) is 16.3 Å². The van der Waals surface area contributed by atoms with Gasteiger partial charge >= 0.3 is 0 Å². The van der Waals surface area contributed by atoms with Crippen LogP contribution in [0.5, 0.6) is 5.75 Å². The highest BCUT2D eigenvalue weighted by Crippen LogP contribution is 2.45. The van der Waals surface area contributed by atoms with Crippen molar-refractivity contribution < 1.29 is 9.53 Å². The summed E-state index contributed by atoms with van der Waals surface area (Å²) in [4.78, 5) is 19.8. The van der Waals surface area contributed by atoms with Crippen LogP contribution in [0.1, 0.15) is 64.7 Å². The Balaban J connectivity index is 1.46. The molecule has 0 unspecified atom stereocenters. The Labute approximate surface area is 260 Å². The van der Waals surface area contributed by atoms with Gasteiger partial charge in [0.2, 0.25) is 0 Å². The van der Waals surface area contributed by atoms with Gasteiger partial charge in [-0.1, -0.05) is 56.1 Å². The van der Waals surface area contributed by atoms with Gasteiger partial charge in [0.1, 0.15) is 17.4 Å². The predicted octanol–water partition coefficient (Wildman–Crippen LogP) is 9.66. The molecule has 1 aromatic heterocycles. The van der Waals surface area contributed by atoms with Gasteiger partial charge in [0.25, 0.3) is 5.91 Å². The number of hydrogen-bond donors (Lipinski definition) is 1. The van der Waals surface area contributed by atoms with Crippen LogP contribution in [0.3, 0.4) is 0 Å². The van der Waals surface area contributed by atoms with Gasteiger partial charge in [-0.15, -0.1) is 11.3 Å². The molecule has 1 aliphatic rings. The molecule has 1 heterocycles. The summed E-state index contributed by atoms with van der Waals surface area (Å²) in [5, 5.41) is 13.9. The van der Waals surface area contributed by atoms with Crippen LogP contribution in [0.4, 0.5) is 10.7 Å². The number of hydrogen-bond acceptors (Lipinski definition) is 5. The van der Waals surface area contributed by atoms with Crippen LogP contribution in [0.15, 0.2) is 71.7 Å². The number of nitrogens with zero attached hydrogens (tertiary/aromatic N) is 2. The second-order valence-corrected chi connectivity index (χ2v) is 13.4. The lowest BCUT2D eigenvalue weighted by atomic mass is 9.72. The summed E-state index contributed by atoms with van der Waals surface area (Å²) in [6.45, 7) is 7.16. The second-order valence-electron chi connectivity index (χ2n) is 11.5. The Kier molecular flexibility index (Phi) is 9.03. The standard InChI is InChI=1S/C34H31Cl2N3O2S/c1-34(2,3)24-8-14-28-30(17-24)42-33(31(28)32(40)39-27-12-9-25(35)10-13-27)38-19-23-16-26(36)11-15-29(23)41-20-22-6-4-21(18-37)5-7-22/h4-7,9-13,15-16,19,24H,8,14,17,20H2,1-3H3,(H,39,40)/t24-/m1/s1. The number of aliphatic imine (C=N–C) groups is 1. The first-order valence-corrected chi connectivity index (χ1v) is 15.3. The van der Waals surface area contributed by atoms with E-state index in [1.807, 2.05) is 18.2 Å². The van der Waals surface area contributed by atoms with Crippen molar-refractivity contribution >= 4 is 57.3 Å². The summed E-state index contributed by atoms with van der Waals surface area (Å²) in [5.74, 6) is 0.969. The van der Waals surface area contributed by atoms with Gasteiger partial charge in [0, 0.05) is 32.4 Å². The van der Waals surface area contributed by atoms with Crippen LogP contribution in [-0.2, 0) is 19.4 Å². The van der Waals surface area contributed by atoms with Crippen LogP contribution in [-0.4, -0.2) is 12.1 Å². The van der Waals surface area contributed by atoms with Crippen molar-refractivity contribution in [2.45, 2.75) is 46.6 Å². The molecule has 0 saturated carbocycles. The number of fused-ring (bicyclic) bond motifs is 1. The zero-order chi connectivity index (χ0) is 29.9. The molecule has 1 aliphatic carbocycles. The summed E-state index contributed by atoms with van der Waals surface area (Å²) < 4.78 is 6.12.